The molecule has 1 aromatic carbocycles. The maximum atomic E-state index is 11.0. The van der Waals surface area contributed by atoms with Crippen molar-refractivity contribution in [2.75, 3.05) is 7.11 Å². The van der Waals surface area contributed by atoms with E-state index in [9.17, 15) is 9.59 Å². The van der Waals surface area contributed by atoms with Crippen molar-refractivity contribution in [3.8, 4) is 0 Å². The van der Waals surface area contributed by atoms with Gasteiger partial charge in [0.1, 0.15) is 0 Å². The van der Waals surface area contributed by atoms with Crippen LogP contribution in [0.5, 0.6) is 0 Å². The Morgan fingerprint density at radius 2 is 1.86 bits per heavy atom. The van der Waals surface area contributed by atoms with E-state index in [4.69, 9.17) is 0 Å². The Morgan fingerprint density at radius 3 is 2.43 bits per heavy atom. The lowest BCUT2D eigenvalue weighted by Crippen LogP contribution is -2.11. The number of ether oxygens (including phenoxy) is 1. The van der Waals surface area contributed by atoms with E-state index in [1.54, 1.807) is 6.08 Å². The molecule has 1 rings (SSSR count). The minimum Gasteiger partial charge on any atom is -0.463 e. The second-order valence-corrected chi connectivity index (χ2v) is 2.60. The second-order valence-electron chi connectivity index (χ2n) is 2.60. The molecule has 0 fully saturated rings. The molecular formula is C11H10O3. The summed E-state index contributed by atoms with van der Waals surface area (Å²) in [6, 6.07) is 9.24. The van der Waals surface area contributed by atoms with Crippen molar-refractivity contribution < 1.29 is 14.3 Å². The number of hydrogen-bond acceptors (Lipinski definition) is 3. The Bertz CT molecular complexity index is 352. The van der Waals surface area contributed by atoms with Gasteiger partial charge in [-0.25, -0.2) is 4.79 Å². The summed E-state index contributed by atoms with van der Waals surface area (Å²) in [6.07, 6.45) is 2.76. The van der Waals surface area contributed by atoms with Crippen molar-refractivity contribution >= 4 is 17.8 Å². The van der Waals surface area contributed by atoms with E-state index in [2.05, 4.69) is 4.74 Å². The zero-order valence-corrected chi connectivity index (χ0v) is 7.77. The lowest BCUT2D eigenvalue weighted by Gasteiger charge is -1.92. The molecule has 0 atom stereocenters. The lowest BCUT2D eigenvalue weighted by atomic mass is 10.2. The van der Waals surface area contributed by atoms with Crippen LogP contribution in [-0.4, -0.2) is 18.9 Å². The van der Waals surface area contributed by atoms with E-state index >= 15 is 0 Å². The zero-order valence-electron chi connectivity index (χ0n) is 7.77. The highest BCUT2D eigenvalue weighted by Gasteiger charge is 2.08. The third kappa shape index (κ3) is 2.86. The van der Waals surface area contributed by atoms with Crippen LogP contribution in [0.15, 0.2) is 36.4 Å². The van der Waals surface area contributed by atoms with Gasteiger partial charge in [-0.05, 0) is 11.6 Å². The predicted molar refractivity (Wildman–Crippen MR) is 52.5 cm³/mol. The van der Waals surface area contributed by atoms with Crippen LogP contribution in [0.3, 0.4) is 0 Å². The molecule has 0 heterocycles. The smallest absolute Gasteiger partial charge is 0.378 e. The summed E-state index contributed by atoms with van der Waals surface area (Å²) in [6.45, 7) is 0. The standard InChI is InChI=1S/C11H10O3/c1-14-11(13)10(12)8-7-9-5-3-2-4-6-9/h2-8H,1H3/b8-7+. The fourth-order valence-electron chi connectivity index (χ4n) is 0.905. The molecule has 0 unspecified atom stereocenters. The zero-order chi connectivity index (χ0) is 10.4. The van der Waals surface area contributed by atoms with E-state index in [0.29, 0.717) is 0 Å². The third-order valence-corrected chi connectivity index (χ3v) is 1.61. The average Bonchev–Trinajstić information content (AvgIpc) is 2.26. The molecule has 0 N–H and O–H groups in total. The van der Waals surface area contributed by atoms with Crippen molar-refractivity contribution in [2.24, 2.45) is 0 Å². The van der Waals surface area contributed by atoms with Gasteiger partial charge < -0.3 is 4.74 Å². The van der Waals surface area contributed by atoms with Gasteiger partial charge >= 0.3 is 5.97 Å². The molecule has 0 saturated heterocycles. The number of methoxy groups -OCH3 is 1. The molecule has 0 radical (unpaired) electrons. The van der Waals surface area contributed by atoms with E-state index in [1.807, 2.05) is 30.3 Å². The van der Waals surface area contributed by atoms with Crippen molar-refractivity contribution in [2.45, 2.75) is 0 Å². The van der Waals surface area contributed by atoms with Gasteiger partial charge in [0, 0.05) is 0 Å². The maximum absolute atomic E-state index is 11.0. The molecule has 0 aliphatic heterocycles. The number of rotatable bonds is 3. The summed E-state index contributed by atoms with van der Waals surface area (Å²) >= 11 is 0. The topological polar surface area (TPSA) is 43.4 Å². The number of ketones is 1. The number of esters is 1. The summed E-state index contributed by atoms with van der Waals surface area (Å²) < 4.78 is 4.26. The lowest BCUT2D eigenvalue weighted by molar-refractivity contribution is -0.149. The van der Waals surface area contributed by atoms with Gasteiger partial charge in [-0.1, -0.05) is 36.4 Å². The molecule has 1 aromatic rings. The molecule has 3 nitrogen and oxygen atoms in total. The average molecular weight is 190 g/mol. The van der Waals surface area contributed by atoms with E-state index in [0.717, 1.165) is 5.56 Å². The Kier molecular flexibility index (Phi) is 3.61. The molecule has 0 amide bonds. The first-order valence-corrected chi connectivity index (χ1v) is 4.09. The minimum absolute atomic E-state index is 0.656. The second kappa shape index (κ2) is 4.97. The minimum atomic E-state index is -0.850. The van der Waals surface area contributed by atoms with Crippen LogP contribution >= 0.6 is 0 Å². The summed E-state index contributed by atoms with van der Waals surface area (Å²) in [7, 11) is 1.18. The molecule has 0 aliphatic rings. The van der Waals surface area contributed by atoms with Crippen LogP contribution in [0.1, 0.15) is 5.56 Å². The summed E-state index contributed by atoms with van der Waals surface area (Å²) in [5.41, 5.74) is 0.866. The monoisotopic (exact) mass is 190 g/mol. The Balaban J connectivity index is 2.65. The van der Waals surface area contributed by atoms with Gasteiger partial charge in [0.2, 0.25) is 0 Å². The van der Waals surface area contributed by atoms with Gasteiger partial charge in [0.25, 0.3) is 5.78 Å². The molecule has 0 aromatic heterocycles. The van der Waals surface area contributed by atoms with Gasteiger partial charge in [0.15, 0.2) is 0 Å². The summed E-state index contributed by atoms with van der Waals surface area (Å²) in [5, 5.41) is 0. The molecule has 14 heavy (non-hydrogen) atoms. The predicted octanol–water partition coefficient (Wildman–Crippen LogP) is 1.44. The molecule has 0 bridgehead atoms. The van der Waals surface area contributed by atoms with Crippen LogP contribution in [0.25, 0.3) is 6.08 Å². The molecule has 72 valence electrons. The fraction of sp³-hybridized carbons (Fsp3) is 0.0909. The van der Waals surface area contributed by atoms with Crippen LogP contribution in [0.2, 0.25) is 0 Å². The Hall–Kier alpha value is -1.90. The summed E-state index contributed by atoms with van der Waals surface area (Å²) in [5.74, 6) is -1.51. The van der Waals surface area contributed by atoms with Crippen LogP contribution < -0.4 is 0 Å². The molecule has 3 heteroatoms. The van der Waals surface area contributed by atoms with E-state index in [-0.39, 0.29) is 0 Å². The van der Waals surface area contributed by atoms with Crippen molar-refractivity contribution in [1.82, 2.24) is 0 Å². The molecule has 0 spiro atoms. The molecule has 0 aliphatic carbocycles. The highest BCUT2D eigenvalue weighted by Crippen LogP contribution is 2.00. The third-order valence-electron chi connectivity index (χ3n) is 1.61. The first kappa shape index (κ1) is 10.2. The SMILES string of the molecule is COC(=O)C(=O)/C=C/c1ccccc1. The Morgan fingerprint density at radius 1 is 1.21 bits per heavy atom. The van der Waals surface area contributed by atoms with Crippen molar-refractivity contribution in [3.63, 3.8) is 0 Å². The number of carbonyl (C=O) groups excluding carboxylic acids is 2. The highest BCUT2D eigenvalue weighted by atomic mass is 16.5. The van der Waals surface area contributed by atoms with Crippen molar-refractivity contribution in [1.29, 1.82) is 0 Å². The Labute approximate surface area is 82.0 Å². The first-order chi connectivity index (χ1) is 6.74. The number of benzene rings is 1. The van der Waals surface area contributed by atoms with Gasteiger partial charge in [-0.15, -0.1) is 0 Å². The molecular weight excluding hydrogens is 180 g/mol. The van der Waals surface area contributed by atoms with Crippen LogP contribution in [0.4, 0.5) is 0 Å². The largest absolute Gasteiger partial charge is 0.463 e. The quantitative estimate of drug-likeness (QED) is 0.411. The number of hydrogen-bond donors (Lipinski definition) is 0. The van der Waals surface area contributed by atoms with Crippen LogP contribution in [-0.2, 0) is 14.3 Å². The van der Waals surface area contributed by atoms with Crippen molar-refractivity contribution in [3.05, 3.63) is 42.0 Å². The van der Waals surface area contributed by atoms with Crippen LogP contribution in [0, 0.1) is 0 Å². The fourth-order valence-corrected chi connectivity index (χ4v) is 0.905. The normalized spacial score (nSPS) is 10.1. The van der Waals surface area contributed by atoms with Gasteiger partial charge in [0.05, 0.1) is 7.11 Å². The molecule has 0 saturated carbocycles. The number of carbonyl (C=O) groups is 2. The van der Waals surface area contributed by atoms with E-state index in [1.165, 1.54) is 13.2 Å². The highest BCUT2D eigenvalue weighted by molar-refractivity contribution is 6.39. The maximum Gasteiger partial charge on any atom is 0.378 e. The van der Waals surface area contributed by atoms with E-state index < -0.39 is 11.8 Å². The van der Waals surface area contributed by atoms with Gasteiger partial charge in [-0.2, -0.15) is 0 Å². The summed E-state index contributed by atoms with van der Waals surface area (Å²) in [4.78, 5) is 21.7. The van der Waals surface area contributed by atoms with Gasteiger partial charge in [-0.3, -0.25) is 4.79 Å². The first-order valence-electron chi connectivity index (χ1n) is 4.09.